The molecule has 0 radical (unpaired) electrons. The second-order valence-corrected chi connectivity index (χ2v) is 5.31. The number of hydrogen-bond acceptors (Lipinski definition) is 5. The highest BCUT2D eigenvalue weighted by molar-refractivity contribution is 5.87. The van der Waals surface area contributed by atoms with Gasteiger partial charge in [0.2, 0.25) is 0 Å². The second-order valence-electron chi connectivity index (χ2n) is 5.31. The average molecular weight is 340 g/mol. The van der Waals surface area contributed by atoms with Gasteiger partial charge in [-0.1, -0.05) is 0 Å². The monoisotopic (exact) mass is 340 g/mol. The predicted molar refractivity (Wildman–Crippen MR) is 90.8 cm³/mol. The number of ether oxygens (including phenoxy) is 4. The van der Waals surface area contributed by atoms with Gasteiger partial charge >= 0.3 is 5.97 Å². The summed E-state index contributed by atoms with van der Waals surface area (Å²) in [6.45, 7) is 6.69. The molecule has 2 atom stereocenters. The van der Waals surface area contributed by atoms with Crippen molar-refractivity contribution in [3.63, 3.8) is 0 Å². The number of carboxylic acid groups (broad SMARTS) is 1. The Morgan fingerprint density at radius 1 is 1.21 bits per heavy atom. The molecular weight excluding hydrogens is 312 g/mol. The molecule has 6 nitrogen and oxygen atoms in total. The lowest BCUT2D eigenvalue weighted by Crippen LogP contribution is -2.33. The van der Waals surface area contributed by atoms with E-state index in [1.54, 1.807) is 19.2 Å². The molecule has 1 N–H and O–H groups in total. The van der Waals surface area contributed by atoms with Crippen molar-refractivity contribution in [1.82, 2.24) is 0 Å². The molecule has 0 bridgehead atoms. The van der Waals surface area contributed by atoms with Crippen molar-refractivity contribution in [2.24, 2.45) is 0 Å². The van der Waals surface area contributed by atoms with Gasteiger partial charge in [0.1, 0.15) is 5.75 Å². The lowest BCUT2D eigenvalue weighted by molar-refractivity contribution is -0.0952. The van der Waals surface area contributed by atoms with E-state index in [-0.39, 0.29) is 11.7 Å². The molecule has 1 fully saturated rings. The zero-order chi connectivity index (χ0) is 17.8. The van der Waals surface area contributed by atoms with Gasteiger partial charge in [0.25, 0.3) is 0 Å². The van der Waals surface area contributed by atoms with Crippen LogP contribution in [-0.4, -0.2) is 56.8 Å². The van der Waals surface area contributed by atoms with Crippen LogP contribution in [0.5, 0.6) is 5.75 Å². The summed E-state index contributed by atoms with van der Waals surface area (Å²) in [5.41, 5.74) is 0.276. The van der Waals surface area contributed by atoms with Crippen LogP contribution in [-0.2, 0) is 14.2 Å². The van der Waals surface area contributed by atoms with Gasteiger partial charge in [0.15, 0.2) is 0 Å². The molecule has 1 saturated heterocycles. The van der Waals surface area contributed by atoms with E-state index < -0.39 is 5.97 Å². The van der Waals surface area contributed by atoms with Crippen LogP contribution in [0.25, 0.3) is 0 Å². The van der Waals surface area contributed by atoms with Gasteiger partial charge in [-0.3, -0.25) is 0 Å². The minimum Gasteiger partial charge on any atom is -0.494 e. The first kappa shape index (κ1) is 20.4. The Bertz CT molecular complexity index is 451. The lowest BCUT2D eigenvalue weighted by Gasteiger charge is -2.27. The summed E-state index contributed by atoms with van der Waals surface area (Å²) in [6.07, 6.45) is 2.73. The van der Waals surface area contributed by atoms with Crippen molar-refractivity contribution in [1.29, 1.82) is 0 Å². The molecule has 2 rings (SSSR count). The Balaban J connectivity index is 0.000000240. The van der Waals surface area contributed by atoms with Crippen LogP contribution in [0.3, 0.4) is 0 Å². The van der Waals surface area contributed by atoms with E-state index in [1.807, 2.05) is 13.8 Å². The lowest BCUT2D eigenvalue weighted by atomic mass is 10.1. The number of methoxy groups -OCH3 is 1. The number of rotatable bonds is 7. The first-order valence-electron chi connectivity index (χ1n) is 8.28. The number of benzene rings is 1. The quantitative estimate of drug-likeness (QED) is 0.822. The summed E-state index contributed by atoms with van der Waals surface area (Å²) in [5.74, 6) is -0.222. The van der Waals surface area contributed by atoms with Gasteiger partial charge in [-0.25, -0.2) is 4.79 Å². The fraction of sp³-hybridized carbons (Fsp3) is 0.611. The highest BCUT2D eigenvalue weighted by Crippen LogP contribution is 2.15. The van der Waals surface area contributed by atoms with Gasteiger partial charge in [-0.15, -0.1) is 0 Å². The third-order valence-electron chi connectivity index (χ3n) is 3.58. The summed E-state index contributed by atoms with van der Waals surface area (Å²) in [7, 11) is 1.73. The average Bonchev–Trinajstić information content (AvgIpc) is 2.62. The van der Waals surface area contributed by atoms with E-state index in [9.17, 15) is 4.79 Å². The SMILES string of the molecule is CCOCC1CCC(OC)CO1.CCOc1ccc(C(=O)O)cc1. The van der Waals surface area contributed by atoms with Crippen LogP contribution in [0, 0.1) is 0 Å². The molecule has 136 valence electrons. The summed E-state index contributed by atoms with van der Waals surface area (Å²) < 4.78 is 21.1. The molecule has 1 heterocycles. The van der Waals surface area contributed by atoms with Crippen LogP contribution in [0.2, 0.25) is 0 Å². The Morgan fingerprint density at radius 2 is 1.92 bits per heavy atom. The zero-order valence-electron chi connectivity index (χ0n) is 14.7. The van der Waals surface area contributed by atoms with Crippen molar-refractivity contribution < 1.29 is 28.8 Å². The van der Waals surface area contributed by atoms with Crippen molar-refractivity contribution in [2.75, 3.05) is 33.5 Å². The number of hydrogen-bond donors (Lipinski definition) is 1. The minimum absolute atomic E-state index is 0.276. The molecule has 0 aromatic heterocycles. The number of aromatic carboxylic acids is 1. The van der Waals surface area contributed by atoms with Crippen LogP contribution >= 0.6 is 0 Å². The topological polar surface area (TPSA) is 74.2 Å². The minimum atomic E-state index is -0.918. The summed E-state index contributed by atoms with van der Waals surface area (Å²) in [5, 5.41) is 8.56. The van der Waals surface area contributed by atoms with Crippen molar-refractivity contribution in [3.05, 3.63) is 29.8 Å². The maximum absolute atomic E-state index is 10.4. The number of carboxylic acids is 1. The predicted octanol–water partition coefficient (Wildman–Crippen LogP) is 3.00. The second kappa shape index (κ2) is 11.8. The maximum atomic E-state index is 10.4. The van der Waals surface area contributed by atoms with Gasteiger partial charge in [0.05, 0.1) is 37.6 Å². The molecule has 0 aliphatic carbocycles. The highest BCUT2D eigenvalue weighted by Gasteiger charge is 2.20. The van der Waals surface area contributed by atoms with Gasteiger partial charge in [-0.05, 0) is 51.0 Å². The van der Waals surface area contributed by atoms with E-state index in [0.717, 1.165) is 26.1 Å². The first-order chi connectivity index (χ1) is 11.6. The molecule has 1 aromatic rings. The fourth-order valence-corrected chi connectivity index (χ4v) is 2.21. The largest absolute Gasteiger partial charge is 0.494 e. The van der Waals surface area contributed by atoms with E-state index in [0.29, 0.717) is 25.1 Å². The van der Waals surface area contributed by atoms with Crippen LogP contribution in [0.1, 0.15) is 37.0 Å². The third-order valence-corrected chi connectivity index (χ3v) is 3.58. The van der Waals surface area contributed by atoms with Gasteiger partial charge in [-0.2, -0.15) is 0 Å². The molecule has 0 saturated carbocycles. The summed E-state index contributed by atoms with van der Waals surface area (Å²) in [4.78, 5) is 10.4. The molecule has 0 spiro atoms. The van der Waals surface area contributed by atoms with Crippen molar-refractivity contribution in [3.8, 4) is 5.75 Å². The molecule has 1 aromatic carbocycles. The van der Waals surface area contributed by atoms with Crippen molar-refractivity contribution >= 4 is 5.97 Å². The Morgan fingerprint density at radius 3 is 2.38 bits per heavy atom. The normalized spacial score (nSPS) is 20.0. The molecule has 6 heteroatoms. The van der Waals surface area contributed by atoms with E-state index in [1.165, 1.54) is 12.1 Å². The molecule has 24 heavy (non-hydrogen) atoms. The standard InChI is InChI=1S/C9H18O3.C9H10O3/c1-3-11-6-9-5-4-8(10-2)7-12-9;1-2-12-8-5-3-7(4-6-8)9(10)11/h8-9H,3-7H2,1-2H3;3-6H,2H2,1H3,(H,10,11). The van der Waals surface area contributed by atoms with E-state index in [2.05, 4.69) is 0 Å². The third kappa shape index (κ3) is 7.77. The first-order valence-corrected chi connectivity index (χ1v) is 8.28. The summed E-state index contributed by atoms with van der Waals surface area (Å²) >= 11 is 0. The zero-order valence-corrected chi connectivity index (χ0v) is 14.7. The van der Waals surface area contributed by atoms with Crippen LogP contribution in [0.4, 0.5) is 0 Å². The van der Waals surface area contributed by atoms with E-state index in [4.69, 9.17) is 24.1 Å². The Labute approximate surface area is 143 Å². The summed E-state index contributed by atoms with van der Waals surface area (Å²) in [6, 6.07) is 6.33. The van der Waals surface area contributed by atoms with Crippen LogP contribution < -0.4 is 4.74 Å². The molecule has 2 unspecified atom stereocenters. The molecule has 1 aliphatic rings. The van der Waals surface area contributed by atoms with Gasteiger partial charge < -0.3 is 24.1 Å². The Hall–Kier alpha value is -1.63. The molecule has 1 aliphatic heterocycles. The smallest absolute Gasteiger partial charge is 0.335 e. The number of carbonyl (C=O) groups is 1. The molecule has 0 amide bonds. The highest BCUT2D eigenvalue weighted by atomic mass is 16.6. The maximum Gasteiger partial charge on any atom is 0.335 e. The van der Waals surface area contributed by atoms with Gasteiger partial charge in [0, 0.05) is 13.7 Å². The Kier molecular flexibility index (Phi) is 10.1. The van der Waals surface area contributed by atoms with Crippen molar-refractivity contribution in [2.45, 2.75) is 38.9 Å². The van der Waals surface area contributed by atoms with E-state index >= 15 is 0 Å². The fourth-order valence-electron chi connectivity index (χ4n) is 2.21. The van der Waals surface area contributed by atoms with Crippen LogP contribution in [0.15, 0.2) is 24.3 Å². The molecular formula is C18H28O6.